The van der Waals surface area contributed by atoms with Crippen molar-refractivity contribution in [3.8, 4) is 11.1 Å². The Kier molecular flexibility index (Phi) is 6.53. The molecule has 112 valence electrons. The molecular formula is C17H18F2O2. The van der Waals surface area contributed by atoms with Crippen LogP contribution in [0.3, 0.4) is 0 Å². The first-order chi connectivity index (χ1) is 10.1. The third kappa shape index (κ3) is 4.12. The second kappa shape index (κ2) is 8.15. The summed E-state index contributed by atoms with van der Waals surface area (Å²) in [5.74, 6) is -1.95. The predicted octanol–water partition coefficient (Wildman–Crippen LogP) is 5.05. The molecule has 2 nitrogen and oxygen atoms in total. The Morgan fingerprint density at radius 2 is 1.62 bits per heavy atom. The van der Waals surface area contributed by atoms with Gasteiger partial charge in [0.05, 0.1) is 5.92 Å². The molecule has 0 spiro atoms. The average molecular weight is 292 g/mol. The molecule has 2 aromatic rings. The molecule has 0 bridgehead atoms. The van der Waals surface area contributed by atoms with Crippen LogP contribution in [0.5, 0.6) is 0 Å². The van der Waals surface area contributed by atoms with Crippen molar-refractivity contribution in [3.05, 3.63) is 59.9 Å². The van der Waals surface area contributed by atoms with Crippen LogP contribution in [-0.2, 0) is 9.74 Å². The van der Waals surface area contributed by atoms with E-state index in [4.69, 9.17) is 0 Å². The van der Waals surface area contributed by atoms with Crippen LogP contribution in [0.4, 0.5) is 8.92 Å². The second-order valence-electron chi connectivity index (χ2n) is 4.22. The standard InChI is InChI=1S/C15H12F2O2.C2H6/c1-10(15(18)19-17)11-6-8-12(9-7-11)13-4-2-3-5-14(13)16;1-2/h2-10H,1H3;1-2H3. The van der Waals surface area contributed by atoms with Crippen molar-refractivity contribution in [2.45, 2.75) is 26.7 Å². The van der Waals surface area contributed by atoms with Crippen LogP contribution in [0.25, 0.3) is 11.1 Å². The number of carbonyl (C=O) groups is 1. The van der Waals surface area contributed by atoms with Crippen LogP contribution in [0, 0.1) is 5.82 Å². The van der Waals surface area contributed by atoms with E-state index in [1.807, 2.05) is 13.8 Å². The van der Waals surface area contributed by atoms with Crippen molar-refractivity contribution in [3.63, 3.8) is 0 Å². The lowest BCUT2D eigenvalue weighted by Crippen LogP contribution is -2.08. The second-order valence-corrected chi connectivity index (χ2v) is 4.22. The average Bonchev–Trinajstić information content (AvgIpc) is 2.56. The highest BCUT2D eigenvalue weighted by atomic mass is 19.3. The number of halogens is 2. The molecule has 0 heterocycles. The summed E-state index contributed by atoms with van der Waals surface area (Å²) in [6.07, 6.45) is 0. The Hall–Kier alpha value is -2.23. The smallest absolute Gasteiger partial charge is 0.254 e. The van der Waals surface area contributed by atoms with Gasteiger partial charge in [-0.2, -0.15) is 0 Å². The fourth-order valence-electron chi connectivity index (χ4n) is 1.85. The van der Waals surface area contributed by atoms with Gasteiger partial charge in [-0.25, -0.2) is 9.18 Å². The lowest BCUT2D eigenvalue weighted by molar-refractivity contribution is -0.185. The van der Waals surface area contributed by atoms with Gasteiger partial charge in [0, 0.05) is 10.1 Å². The Balaban J connectivity index is 0.00000106. The minimum Gasteiger partial charge on any atom is -0.254 e. The Bertz CT molecular complexity index is 580. The zero-order valence-corrected chi connectivity index (χ0v) is 12.3. The van der Waals surface area contributed by atoms with Gasteiger partial charge in [0.15, 0.2) is 0 Å². The highest BCUT2D eigenvalue weighted by Gasteiger charge is 2.17. The van der Waals surface area contributed by atoms with Gasteiger partial charge < -0.3 is 0 Å². The van der Waals surface area contributed by atoms with Gasteiger partial charge in [-0.3, -0.25) is 4.94 Å². The van der Waals surface area contributed by atoms with Crippen LogP contribution in [0.1, 0.15) is 32.3 Å². The van der Waals surface area contributed by atoms with Crippen LogP contribution < -0.4 is 0 Å². The van der Waals surface area contributed by atoms with Crippen LogP contribution in [0.2, 0.25) is 0 Å². The normalized spacial score (nSPS) is 11.1. The van der Waals surface area contributed by atoms with Gasteiger partial charge in [-0.1, -0.05) is 56.3 Å². The third-order valence-electron chi connectivity index (χ3n) is 3.03. The minimum atomic E-state index is -0.946. The van der Waals surface area contributed by atoms with Gasteiger partial charge in [-0.15, -0.1) is 0 Å². The zero-order chi connectivity index (χ0) is 15.8. The first-order valence-electron chi connectivity index (χ1n) is 6.80. The summed E-state index contributed by atoms with van der Waals surface area (Å²) in [5.41, 5.74) is 1.79. The van der Waals surface area contributed by atoms with Gasteiger partial charge in [0.1, 0.15) is 5.82 Å². The monoisotopic (exact) mass is 292 g/mol. The summed E-state index contributed by atoms with van der Waals surface area (Å²) >= 11 is 0. The van der Waals surface area contributed by atoms with Crippen LogP contribution >= 0.6 is 0 Å². The minimum absolute atomic E-state index is 0.313. The van der Waals surface area contributed by atoms with Gasteiger partial charge in [0.25, 0.3) is 0 Å². The molecule has 0 aliphatic rings. The Morgan fingerprint density at radius 3 is 2.14 bits per heavy atom. The van der Waals surface area contributed by atoms with Gasteiger partial charge >= 0.3 is 5.97 Å². The van der Waals surface area contributed by atoms with Crippen molar-refractivity contribution in [2.75, 3.05) is 0 Å². The SMILES string of the molecule is CC.CC(C(=O)OF)c1ccc(-c2ccccc2F)cc1. The van der Waals surface area contributed by atoms with Crippen molar-refractivity contribution >= 4 is 5.97 Å². The van der Waals surface area contributed by atoms with E-state index in [0.717, 1.165) is 0 Å². The molecule has 4 heteroatoms. The van der Waals surface area contributed by atoms with Gasteiger partial charge in [0.2, 0.25) is 0 Å². The highest BCUT2D eigenvalue weighted by Crippen LogP contribution is 2.25. The van der Waals surface area contributed by atoms with Gasteiger partial charge in [-0.05, 0) is 24.1 Å². The number of carbonyl (C=O) groups excluding carboxylic acids is 1. The molecule has 0 saturated carbocycles. The number of hydrogen-bond donors (Lipinski definition) is 0. The maximum absolute atomic E-state index is 13.6. The third-order valence-corrected chi connectivity index (χ3v) is 3.03. The molecule has 1 unspecified atom stereocenters. The number of rotatable bonds is 3. The van der Waals surface area contributed by atoms with E-state index < -0.39 is 11.9 Å². The molecule has 0 N–H and O–H groups in total. The summed E-state index contributed by atoms with van der Waals surface area (Å²) in [4.78, 5) is 14.3. The topological polar surface area (TPSA) is 26.3 Å². The van der Waals surface area contributed by atoms with Crippen molar-refractivity contribution in [1.29, 1.82) is 0 Å². The Morgan fingerprint density at radius 1 is 1.05 bits per heavy atom. The van der Waals surface area contributed by atoms with E-state index in [-0.39, 0.29) is 5.82 Å². The summed E-state index contributed by atoms with van der Waals surface area (Å²) in [6.45, 7) is 5.54. The predicted molar refractivity (Wildman–Crippen MR) is 78.8 cm³/mol. The first-order valence-corrected chi connectivity index (χ1v) is 6.80. The maximum atomic E-state index is 13.6. The molecular weight excluding hydrogens is 274 g/mol. The molecule has 2 rings (SSSR count). The van der Waals surface area contributed by atoms with Crippen LogP contribution in [-0.4, -0.2) is 5.97 Å². The Labute approximate surface area is 123 Å². The molecule has 2 aromatic carbocycles. The zero-order valence-electron chi connectivity index (χ0n) is 12.3. The fourth-order valence-corrected chi connectivity index (χ4v) is 1.85. The molecule has 0 amide bonds. The molecule has 0 fully saturated rings. The first kappa shape index (κ1) is 16.8. The molecule has 0 aliphatic heterocycles. The van der Waals surface area contributed by atoms with Crippen LogP contribution in [0.15, 0.2) is 48.5 Å². The van der Waals surface area contributed by atoms with E-state index in [1.165, 1.54) is 6.07 Å². The molecule has 0 saturated heterocycles. The molecule has 21 heavy (non-hydrogen) atoms. The molecule has 1 atom stereocenters. The lowest BCUT2D eigenvalue weighted by Gasteiger charge is -2.09. The summed E-state index contributed by atoms with van der Waals surface area (Å²) in [7, 11) is 0. The summed E-state index contributed by atoms with van der Waals surface area (Å²) in [5, 5.41) is 0. The molecule has 0 aliphatic carbocycles. The molecule has 0 radical (unpaired) electrons. The molecule has 0 aromatic heterocycles. The van der Waals surface area contributed by atoms with E-state index >= 15 is 0 Å². The lowest BCUT2D eigenvalue weighted by atomic mass is 9.97. The summed E-state index contributed by atoms with van der Waals surface area (Å²) in [6, 6.07) is 13.1. The van der Waals surface area contributed by atoms with E-state index in [9.17, 15) is 13.7 Å². The van der Waals surface area contributed by atoms with E-state index in [2.05, 4.69) is 4.94 Å². The largest absolute Gasteiger partial charge is 0.355 e. The van der Waals surface area contributed by atoms with Crippen molar-refractivity contribution in [1.82, 2.24) is 0 Å². The van der Waals surface area contributed by atoms with E-state index in [0.29, 0.717) is 16.7 Å². The fraction of sp³-hybridized carbons (Fsp3) is 0.235. The quantitative estimate of drug-likeness (QED) is 0.791. The summed E-state index contributed by atoms with van der Waals surface area (Å²) < 4.78 is 25.4. The number of hydrogen-bond acceptors (Lipinski definition) is 2. The van der Waals surface area contributed by atoms with Crippen molar-refractivity contribution < 1.29 is 18.7 Å². The highest BCUT2D eigenvalue weighted by molar-refractivity contribution is 5.77. The van der Waals surface area contributed by atoms with Crippen molar-refractivity contribution in [2.24, 2.45) is 0 Å². The maximum Gasteiger partial charge on any atom is 0.355 e. The van der Waals surface area contributed by atoms with E-state index in [1.54, 1.807) is 49.4 Å². The number of benzene rings is 2.